The van der Waals surface area contributed by atoms with E-state index in [1.807, 2.05) is 41.5 Å². The molecule has 0 aromatic rings. The number of hydrogen-bond donors (Lipinski definition) is 0. The van der Waals surface area contributed by atoms with Gasteiger partial charge in [-0.3, -0.25) is 4.79 Å². The molecule has 0 saturated heterocycles. The third-order valence-corrected chi connectivity index (χ3v) is 5.72. The van der Waals surface area contributed by atoms with Crippen molar-refractivity contribution in [3.63, 3.8) is 0 Å². The summed E-state index contributed by atoms with van der Waals surface area (Å²) in [7, 11) is 0. The molecule has 0 aliphatic heterocycles. The lowest BCUT2D eigenvalue weighted by Gasteiger charge is -2.33. The maximum atomic E-state index is 12.7. The van der Waals surface area contributed by atoms with Gasteiger partial charge in [0.2, 0.25) is 0 Å². The van der Waals surface area contributed by atoms with E-state index in [0.29, 0.717) is 11.5 Å². The van der Waals surface area contributed by atoms with E-state index < -0.39 is 17.0 Å². The van der Waals surface area contributed by atoms with Crippen LogP contribution in [0.1, 0.15) is 67.2 Å². The zero-order valence-electron chi connectivity index (χ0n) is 16.0. The van der Waals surface area contributed by atoms with Crippen LogP contribution in [0.2, 0.25) is 0 Å². The van der Waals surface area contributed by atoms with Crippen LogP contribution in [0, 0.1) is 23.2 Å². The molecule has 4 nitrogen and oxygen atoms in total. The monoisotopic (exact) mass is 336 g/mol. The normalized spacial score (nSPS) is 27.7. The fourth-order valence-electron chi connectivity index (χ4n) is 3.75. The molecule has 2 bridgehead atoms. The minimum atomic E-state index is -0.810. The average Bonchev–Trinajstić information content (AvgIpc) is 3.06. The third-order valence-electron chi connectivity index (χ3n) is 5.72. The molecular weight excluding hydrogens is 304 g/mol. The Morgan fingerprint density at radius 3 is 2.17 bits per heavy atom. The van der Waals surface area contributed by atoms with Crippen molar-refractivity contribution in [2.45, 2.75) is 78.9 Å². The first-order chi connectivity index (χ1) is 10.9. The summed E-state index contributed by atoms with van der Waals surface area (Å²) in [5.41, 5.74) is -1.07. The van der Waals surface area contributed by atoms with Gasteiger partial charge >= 0.3 is 11.9 Å². The summed E-state index contributed by atoms with van der Waals surface area (Å²) in [4.78, 5) is 25.0. The Balaban J connectivity index is 1.98. The van der Waals surface area contributed by atoms with Crippen molar-refractivity contribution in [2.75, 3.05) is 0 Å². The van der Waals surface area contributed by atoms with Crippen LogP contribution < -0.4 is 0 Å². The molecule has 0 heterocycles. The van der Waals surface area contributed by atoms with Crippen molar-refractivity contribution in [1.82, 2.24) is 0 Å². The van der Waals surface area contributed by atoms with Crippen LogP contribution in [0.25, 0.3) is 0 Å². The van der Waals surface area contributed by atoms with E-state index in [4.69, 9.17) is 9.47 Å². The van der Waals surface area contributed by atoms with E-state index >= 15 is 0 Å². The van der Waals surface area contributed by atoms with Crippen LogP contribution in [-0.2, 0) is 19.1 Å². The molecule has 2 aliphatic rings. The molecule has 4 atom stereocenters. The van der Waals surface area contributed by atoms with Crippen LogP contribution in [0.4, 0.5) is 0 Å². The Labute approximate surface area is 146 Å². The zero-order chi connectivity index (χ0) is 18.3. The van der Waals surface area contributed by atoms with Gasteiger partial charge in [-0.2, -0.15) is 0 Å². The number of carbonyl (C=O) groups is 2. The molecule has 24 heavy (non-hydrogen) atoms. The second kappa shape index (κ2) is 6.53. The quantitative estimate of drug-likeness (QED) is 0.555. The number of esters is 2. The van der Waals surface area contributed by atoms with Crippen molar-refractivity contribution >= 4 is 11.9 Å². The van der Waals surface area contributed by atoms with Crippen molar-refractivity contribution in [3.8, 4) is 0 Å². The van der Waals surface area contributed by atoms with Gasteiger partial charge in [-0.1, -0.05) is 13.5 Å². The highest BCUT2D eigenvalue weighted by atomic mass is 16.6. The fourth-order valence-corrected chi connectivity index (χ4v) is 3.75. The maximum absolute atomic E-state index is 12.7. The maximum Gasteiger partial charge on any atom is 0.334 e. The Bertz CT molecular complexity index is 526. The van der Waals surface area contributed by atoms with Crippen LogP contribution in [0.15, 0.2) is 12.2 Å². The topological polar surface area (TPSA) is 52.6 Å². The Kier molecular flexibility index (Phi) is 5.17. The van der Waals surface area contributed by atoms with E-state index in [1.165, 1.54) is 19.3 Å². The van der Waals surface area contributed by atoms with Crippen molar-refractivity contribution in [3.05, 3.63) is 12.2 Å². The molecule has 2 rings (SSSR count). The van der Waals surface area contributed by atoms with Gasteiger partial charge in [-0.05, 0) is 72.1 Å². The molecular formula is C20H32O4. The Morgan fingerprint density at radius 1 is 1.08 bits per heavy atom. The number of ether oxygens (including phenoxy) is 2. The Hall–Kier alpha value is -1.32. The lowest BCUT2D eigenvalue weighted by atomic mass is 9.76. The fraction of sp³-hybridized carbons (Fsp3) is 0.800. The van der Waals surface area contributed by atoms with Gasteiger partial charge in [0, 0.05) is 11.5 Å². The summed E-state index contributed by atoms with van der Waals surface area (Å²) >= 11 is 0. The molecule has 0 radical (unpaired) electrons. The van der Waals surface area contributed by atoms with Crippen LogP contribution >= 0.6 is 0 Å². The highest BCUT2D eigenvalue weighted by Crippen LogP contribution is 2.47. The molecule has 2 fully saturated rings. The van der Waals surface area contributed by atoms with E-state index in [1.54, 1.807) is 0 Å². The molecule has 0 aromatic carbocycles. The van der Waals surface area contributed by atoms with E-state index in [-0.39, 0.29) is 18.0 Å². The predicted octanol–water partition coefficient (Wildman–Crippen LogP) is 4.28. The number of rotatable bonds is 5. The van der Waals surface area contributed by atoms with Gasteiger partial charge in [0.05, 0.1) is 5.41 Å². The zero-order valence-corrected chi connectivity index (χ0v) is 16.0. The molecule has 0 N–H and O–H groups in total. The van der Waals surface area contributed by atoms with Crippen LogP contribution in [0.5, 0.6) is 0 Å². The predicted molar refractivity (Wildman–Crippen MR) is 93.3 cm³/mol. The standard InChI is InChI=1S/C20H32O4/c1-12(17(21)24-19(3,4)5)13(2)20(6,7)18(22)23-16-11-14-8-9-15(16)10-14/h13-16H,1,8-11H2,2-7H3. The number of hydrogen-bond acceptors (Lipinski definition) is 4. The van der Waals surface area contributed by atoms with Gasteiger partial charge in [0.15, 0.2) is 0 Å². The van der Waals surface area contributed by atoms with E-state index in [9.17, 15) is 9.59 Å². The summed E-state index contributed by atoms with van der Waals surface area (Å²) in [6.45, 7) is 14.8. The minimum absolute atomic E-state index is 0.0533. The van der Waals surface area contributed by atoms with Crippen molar-refractivity contribution < 1.29 is 19.1 Å². The minimum Gasteiger partial charge on any atom is -0.462 e. The molecule has 0 aromatic heterocycles. The van der Waals surface area contributed by atoms with Crippen molar-refractivity contribution in [1.29, 1.82) is 0 Å². The second-order valence-corrected chi connectivity index (χ2v) is 9.09. The van der Waals surface area contributed by atoms with Crippen LogP contribution in [0.3, 0.4) is 0 Å². The second-order valence-electron chi connectivity index (χ2n) is 9.09. The smallest absolute Gasteiger partial charge is 0.334 e. The molecule has 4 heteroatoms. The third kappa shape index (κ3) is 4.01. The summed E-state index contributed by atoms with van der Waals surface area (Å²) in [6.07, 6.45) is 4.68. The van der Waals surface area contributed by atoms with Crippen LogP contribution in [-0.4, -0.2) is 23.6 Å². The first-order valence-electron chi connectivity index (χ1n) is 9.05. The average molecular weight is 336 g/mol. The molecule has 0 amide bonds. The summed E-state index contributed by atoms with van der Waals surface area (Å²) in [5, 5.41) is 0. The number of carbonyl (C=O) groups excluding carboxylic acids is 2. The lowest BCUT2D eigenvalue weighted by Crippen LogP contribution is -2.39. The highest BCUT2D eigenvalue weighted by Gasteiger charge is 2.45. The van der Waals surface area contributed by atoms with E-state index in [0.717, 1.165) is 12.3 Å². The SMILES string of the molecule is C=C(C(=O)OC(C)(C)C)C(C)C(C)(C)C(=O)OC1CC2CCC1C2. The lowest BCUT2D eigenvalue weighted by molar-refractivity contribution is -0.165. The summed E-state index contributed by atoms with van der Waals surface area (Å²) in [5.74, 6) is 0.218. The number of fused-ring (bicyclic) bond motifs is 2. The van der Waals surface area contributed by atoms with Gasteiger partial charge in [-0.25, -0.2) is 4.79 Å². The van der Waals surface area contributed by atoms with Gasteiger partial charge in [0.25, 0.3) is 0 Å². The first kappa shape index (κ1) is 19.0. The highest BCUT2D eigenvalue weighted by molar-refractivity contribution is 5.90. The van der Waals surface area contributed by atoms with E-state index in [2.05, 4.69) is 6.58 Å². The largest absolute Gasteiger partial charge is 0.462 e. The van der Waals surface area contributed by atoms with Gasteiger partial charge < -0.3 is 9.47 Å². The molecule has 2 saturated carbocycles. The molecule has 2 aliphatic carbocycles. The summed E-state index contributed by atoms with van der Waals surface area (Å²) < 4.78 is 11.2. The van der Waals surface area contributed by atoms with Gasteiger partial charge in [0.1, 0.15) is 11.7 Å². The van der Waals surface area contributed by atoms with Crippen molar-refractivity contribution in [2.24, 2.45) is 23.2 Å². The Morgan fingerprint density at radius 2 is 1.71 bits per heavy atom. The molecule has 0 spiro atoms. The molecule has 4 unspecified atom stereocenters. The summed E-state index contributed by atoms with van der Waals surface area (Å²) in [6, 6.07) is 0. The first-order valence-corrected chi connectivity index (χ1v) is 9.05. The van der Waals surface area contributed by atoms with Gasteiger partial charge in [-0.15, -0.1) is 0 Å². The molecule has 136 valence electrons.